The van der Waals surface area contributed by atoms with Crippen LogP contribution in [0, 0.1) is 23.0 Å². The molecule has 0 saturated carbocycles. The molecule has 0 fully saturated rings. The summed E-state index contributed by atoms with van der Waals surface area (Å²) in [5.41, 5.74) is 1.69. The van der Waals surface area contributed by atoms with E-state index in [1.807, 2.05) is 6.07 Å². The van der Waals surface area contributed by atoms with Crippen LogP contribution >= 0.6 is 0 Å². The first-order valence-corrected chi connectivity index (χ1v) is 7.22. The third-order valence-corrected chi connectivity index (χ3v) is 3.62. The summed E-state index contributed by atoms with van der Waals surface area (Å²) in [7, 11) is 0. The molecule has 20 heavy (non-hydrogen) atoms. The number of aromatic nitrogens is 1. The van der Waals surface area contributed by atoms with Crippen molar-refractivity contribution in [2.45, 2.75) is 53.0 Å². The minimum Gasteiger partial charge on any atom is -0.314 e. The minimum absolute atomic E-state index is 0.0884. The van der Waals surface area contributed by atoms with Gasteiger partial charge in [0.15, 0.2) is 0 Å². The fraction of sp³-hybridized carbons (Fsp3) is 0.667. The highest BCUT2D eigenvalue weighted by Gasteiger charge is 2.25. The van der Waals surface area contributed by atoms with E-state index in [9.17, 15) is 10.1 Å². The number of hydrogen-bond acceptors (Lipinski definition) is 4. The highest BCUT2D eigenvalue weighted by atomic mass is 16.6. The van der Waals surface area contributed by atoms with Crippen molar-refractivity contribution < 1.29 is 4.92 Å². The van der Waals surface area contributed by atoms with Crippen LogP contribution in [0.4, 0.5) is 5.69 Å². The molecule has 0 aliphatic heterocycles. The number of pyridine rings is 1. The molecule has 1 aromatic heterocycles. The van der Waals surface area contributed by atoms with Crippen LogP contribution in [0.5, 0.6) is 0 Å². The zero-order chi connectivity index (χ0) is 15.3. The van der Waals surface area contributed by atoms with Crippen LogP contribution in [-0.4, -0.2) is 22.5 Å². The van der Waals surface area contributed by atoms with Gasteiger partial charge in [0.2, 0.25) is 0 Å². The molecule has 112 valence electrons. The SMILES string of the molecule is CCCNC(C)C(c1cc(C)c([N+](=O)[O-])cn1)C(C)C. The normalized spacial score (nSPS) is 14.3. The second-order valence-electron chi connectivity index (χ2n) is 5.67. The van der Waals surface area contributed by atoms with Crippen molar-refractivity contribution >= 4 is 5.69 Å². The van der Waals surface area contributed by atoms with E-state index < -0.39 is 0 Å². The summed E-state index contributed by atoms with van der Waals surface area (Å²) in [6.45, 7) is 11.3. The molecule has 1 rings (SSSR count). The lowest BCUT2D eigenvalue weighted by atomic mass is 9.85. The van der Waals surface area contributed by atoms with Gasteiger partial charge >= 0.3 is 0 Å². The second-order valence-corrected chi connectivity index (χ2v) is 5.67. The molecule has 0 amide bonds. The Morgan fingerprint density at radius 3 is 2.50 bits per heavy atom. The van der Waals surface area contributed by atoms with Crippen molar-refractivity contribution in [3.63, 3.8) is 0 Å². The number of hydrogen-bond donors (Lipinski definition) is 1. The van der Waals surface area contributed by atoms with E-state index in [1.54, 1.807) is 6.92 Å². The van der Waals surface area contributed by atoms with Gasteiger partial charge in [-0.2, -0.15) is 0 Å². The van der Waals surface area contributed by atoms with E-state index in [4.69, 9.17) is 0 Å². The fourth-order valence-electron chi connectivity index (χ4n) is 2.62. The van der Waals surface area contributed by atoms with Crippen molar-refractivity contribution in [3.8, 4) is 0 Å². The van der Waals surface area contributed by atoms with Crippen LogP contribution in [-0.2, 0) is 0 Å². The zero-order valence-corrected chi connectivity index (χ0v) is 13.0. The monoisotopic (exact) mass is 279 g/mol. The van der Waals surface area contributed by atoms with Crippen LogP contribution in [0.2, 0.25) is 0 Å². The average Bonchev–Trinajstić information content (AvgIpc) is 2.35. The van der Waals surface area contributed by atoms with Gasteiger partial charge in [-0.25, -0.2) is 0 Å². The lowest BCUT2D eigenvalue weighted by molar-refractivity contribution is -0.385. The van der Waals surface area contributed by atoms with Crippen LogP contribution in [0.15, 0.2) is 12.3 Å². The number of aryl methyl sites for hydroxylation is 1. The van der Waals surface area contributed by atoms with Gasteiger partial charge in [0.05, 0.1) is 4.92 Å². The highest BCUT2D eigenvalue weighted by molar-refractivity contribution is 5.38. The van der Waals surface area contributed by atoms with Gasteiger partial charge in [0.25, 0.3) is 5.69 Å². The minimum atomic E-state index is -0.380. The summed E-state index contributed by atoms with van der Waals surface area (Å²) >= 11 is 0. The number of nitrogens with one attached hydrogen (secondary N) is 1. The van der Waals surface area contributed by atoms with E-state index in [0.29, 0.717) is 17.5 Å². The predicted molar refractivity (Wildman–Crippen MR) is 81.0 cm³/mol. The van der Waals surface area contributed by atoms with Gasteiger partial charge in [-0.15, -0.1) is 0 Å². The summed E-state index contributed by atoms with van der Waals surface area (Å²) in [4.78, 5) is 14.8. The Morgan fingerprint density at radius 1 is 1.40 bits per heavy atom. The van der Waals surface area contributed by atoms with Gasteiger partial charge in [-0.05, 0) is 38.8 Å². The van der Waals surface area contributed by atoms with Gasteiger partial charge in [-0.1, -0.05) is 20.8 Å². The molecular weight excluding hydrogens is 254 g/mol. The Bertz CT molecular complexity index is 460. The van der Waals surface area contributed by atoms with Crippen LogP contribution in [0.3, 0.4) is 0 Å². The molecule has 2 unspecified atom stereocenters. The third-order valence-electron chi connectivity index (χ3n) is 3.62. The highest BCUT2D eigenvalue weighted by Crippen LogP contribution is 2.29. The Labute approximate surface area is 121 Å². The molecule has 0 aliphatic carbocycles. The molecule has 0 radical (unpaired) electrons. The largest absolute Gasteiger partial charge is 0.314 e. The maximum absolute atomic E-state index is 10.9. The summed E-state index contributed by atoms with van der Waals surface area (Å²) in [5.74, 6) is 0.670. The maximum atomic E-state index is 10.9. The topological polar surface area (TPSA) is 68.1 Å². The molecule has 1 aromatic rings. The molecule has 0 aliphatic rings. The molecule has 1 heterocycles. The number of rotatable bonds is 7. The third kappa shape index (κ3) is 4.00. The number of nitrogens with zero attached hydrogens (tertiary/aromatic N) is 2. The van der Waals surface area contributed by atoms with Crippen molar-refractivity contribution in [2.24, 2.45) is 5.92 Å². The van der Waals surface area contributed by atoms with E-state index >= 15 is 0 Å². The quantitative estimate of drug-likeness (QED) is 0.613. The first kappa shape index (κ1) is 16.6. The van der Waals surface area contributed by atoms with Crippen molar-refractivity contribution in [3.05, 3.63) is 33.6 Å². The van der Waals surface area contributed by atoms with E-state index in [2.05, 4.69) is 38.0 Å². The van der Waals surface area contributed by atoms with Crippen LogP contribution in [0.25, 0.3) is 0 Å². The van der Waals surface area contributed by atoms with E-state index in [0.717, 1.165) is 18.7 Å². The molecule has 0 spiro atoms. The lowest BCUT2D eigenvalue weighted by Gasteiger charge is -2.28. The molecule has 0 saturated heterocycles. The molecule has 5 heteroatoms. The Morgan fingerprint density at radius 2 is 2.05 bits per heavy atom. The Hall–Kier alpha value is -1.49. The first-order chi connectivity index (χ1) is 9.38. The van der Waals surface area contributed by atoms with Gasteiger partial charge < -0.3 is 5.32 Å². The van der Waals surface area contributed by atoms with Crippen molar-refractivity contribution in [1.82, 2.24) is 10.3 Å². The smallest absolute Gasteiger partial charge is 0.290 e. The van der Waals surface area contributed by atoms with Crippen LogP contribution in [0.1, 0.15) is 51.3 Å². The Balaban J connectivity index is 3.03. The Kier molecular flexibility index (Phi) is 6.07. The number of nitro groups is 1. The lowest BCUT2D eigenvalue weighted by Crippen LogP contribution is -2.35. The van der Waals surface area contributed by atoms with Gasteiger partial charge in [0.1, 0.15) is 6.20 Å². The molecule has 1 N–H and O–H groups in total. The fourth-order valence-corrected chi connectivity index (χ4v) is 2.62. The van der Waals surface area contributed by atoms with E-state index in [-0.39, 0.29) is 16.5 Å². The first-order valence-electron chi connectivity index (χ1n) is 7.22. The van der Waals surface area contributed by atoms with Crippen molar-refractivity contribution in [2.75, 3.05) is 6.54 Å². The maximum Gasteiger partial charge on any atom is 0.290 e. The molecular formula is C15H25N3O2. The standard InChI is InChI=1S/C15H25N3O2/c1-6-7-16-12(5)15(10(2)3)13-8-11(4)14(9-17-13)18(19)20/h8-10,12,15-16H,6-7H2,1-5H3. The summed E-state index contributed by atoms with van der Waals surface area (Å²) in [5, 5.41) is 14.4. The molecule has 0 bridgehead atoms. The second kappa shape index (κ2) is 7.33. The average molecular weight is 279 g/mol. The van der Waals surface area contributed by atoms with Crippen molar-refractivity contribution in [1.29, 1.82) is 0 Å². The summed E-state index contributed by atoms with van der Waals surface area (Å²) in [6, 6.07) is 2.15. The predicted octanol–water partition coefficient (Wildman–Crippen LogP) is 3.43. The molecule has 5 nitrogen and oxygen atoms in total. The summed E-state index contributed by atoms with van der Waals surface area (Å²) < 4.78 is 0. The van der Waals surface area contributed by atoms with Gasteiger partial charge in [-0.3, -0.25) is 15.1 Å². The molecule has 0 aromatic carbocycles. The zero-order valence-electron chi connectivity index (χ0n) is 13.0. The molecule has 2 atom stereocenters. The van der Waals surface area contributed by atoms with Gasteiger partial charge in [0, 0.05) is 23.2 Å². The summed E-state index contributed by atoms with van der Waals surface area (Å²) in [6.07, 6.45) is 2.47. The van der Waals surface area contributed by atoms with Crippen LogP contribution < -0.4 is 5.32 Å². The van der Waals surface area contributed by atoms with E-state index in [1.165, 1.54) is 6.20 Å².